The van der Waals surface area contributed by atoms with E-state index in [0.29, 0.717) is 0 Å². The summed E-state index contributed by atoms with van der Waals surface area (Å²) in [6, 6.07) is 7.77. The molecule has 0 radical (unpaired) electrons. The van der Waals surface area contributed by atoms with Crippen LogP contribution < -0.4 is 14.4 Å². The average Bonchev–Trinajstić information content (AvgIpc) is 2.83. The molecule has 1 aromatic carbocycles. The normalized spacial score (nSPS) is 16.3. The minimum atomic E-state index is 0.807. The highest BCUT2D eigenvalue weighted by Gasteiger charge is 2.14. The maximum atomic E-state index is 5.69. The summed E-state index contributed by atoms with van der Waals surface area (Å²) in [6.07, 6.45) is 2.75. The van der Waals surface area contributed by atoms with E-state index in [1.54, 1.807) is 12.0 Å². The van der Waals surface area contributed by atoms with E-state index in [1.165, 1.54) is 25.9 Å². The van der Waals surface area contributed by atoms with Crippen LogP contribution in [0.3, 0.4) is 0 Å². The minimum absolute atomic E-state index is 0.807. The molecule has 0 spiro atoms. The molecule has 0 saturated carbocycles. The van der Waals surface area contributed by atoms with Crippen LogP contribution in [0.2, 0.25) is 0 Å². The van der Waals surface area contributed by atoms with E-state index in [1.807, 2.05) is 24.3 Å². The number of methoxy groups -OCH3 is 1. The zero-order chi connectivity index (χ0) is 11.2. The summed E-state index contributed by atoms with van der Waals surface area (Å²) in [7, 11) is 1.67. The molecule has 16 heavy (non-hydrogen) atoms. The van der Waals surface area contributed by atoms with Gasteiger partial charge in [-0.05, 0) is 24.3 Å². The van der Waals surface area contributed by atoms with Crippen molar-refractivity contribution < 1.29 is 14.4 Å². The number of quaternary nitrogens is 1. The fourth-order valence-electron chi connectivity index (χ4n) is 2.11. The highest BCUT2D eigenvalue weighted by molar-refractivity contribution is 5.31. The van der Waals surface area contributed by atoms with E-state index in [9.17, 15) is 0 Å². The van der Waals surface area contributed by atoms with E-state index >= 15 is 0 Å². The summed E-state index contributed by atoms with van der Waals surface area (Å²) in [6.45, 7) is 4.55. The lowest BCUT2D eigenvalue weighted by Crippen LogP contribution is -3.10. The average molecular weight is 222 g/mol. The first-order valence-electron chi connectivity index (χ1n) is 5.99. The third-order valence-electron chi connectivity index (χ3n) is 3.09. The smallest absolute Gasteiger partial charge is 0.137 e. The Morgan fingerprint density at radius 2 is 1.69 bits per heavy atom. The van der Waals surface area contributed by atoms with E-state index in [-0.39, 0.29) is 0 Å². The van der Waals surface area contributed by atoms with Crippen molar-refractivity contribution in [1.82, 2.24) is 0 Å². The molecule has 1 aliphatic rings. The molecule has 3 nitrogen and oxygen atoms in total. The van der Waals surface area contributed by atoms with Crippen molar-refractivity contribution in [1.29, 1.82) is 0 Å². The molecule has 1 N–H and O–H groups in total. The van der Waals surface area contributed by atoms with Gasteiger partial charge in [-0.25, -0.2) is 0 Å². The molecule has 1 fully saturated rings. The van der Waals surface area contributed by atoms with Crippen molar-refractivity contribution in [2.24, 2.45) is 0 Å². The van der Waals surface area contributed by atoms with E-state index in [4.69, 9.17) is 9.47 Å². The number of hydrogen-bond acceptors (Lipinski definition) is 2. The first kappa shape index (κ1) is 11.3. The molecule has 0 unspecified atom stereocenters. The summed E-state index contributed by atoms with van der Waals surface area (Å²) in [5, 5.41) is 0. The predicted octanol–water partition coefficient (Wildman–Crippen LogP) is 0.753. The van der Waals surface area contributed by atoms with Gasteiger partial charge in [0, 0.05) is 12.8 Å². The van der Waals surface area contributed by atoms with Crippen LogP contribution in [0, 0.1) is 0 Å². The molecule has 1 saturated heterocycles. The molecule has 0 bridgehead atoms. The molecule has 88 valence electrons. The van der Waals surface area contributed by atoms with E-state index in [0.717, 1.165) is 24.7 Å². The molecule has 1 aromatic rings. The molecule has 0 aromatic heterocycles. The van der Waals surface area contributed by atoms with E-state index < -0.39 is 0 Å². The largest absolute Gasteiger partial charge is 0.497 e. The Bertz CT molecular complexity index is 304. The molecule has 1 heterocycles. The van der Waals surface area contributed by atoms with Crippen molar-refractivity contribution in [3.05, 3.63) is 24.3 Å². The lowest BCUT2D eigenvalue weighted by molar-refractivity contribution is -0.887. The van der Waals surface area contributed by atoms with Gasteiger partial charge in [0.05, 0.1) is 20.2 Å². The highest BCUT2D eigenvalue weighted by atomic mass is 16.5. The van der Waals surface area contributed by atoms with Crippen LogP contribution in [0.5, 0.6) is 11.5 Å². The first-order chi connectivity index (χ1) is 7.88. The standard InChI is InChI=1S/C13H19NO2/c1-15-12-4-6-13(7-5-12)16-11-10-14-8-2-3-9-14/h4-7H,2-3,8-11H2,1H3/p+1. The zero-order valence-electron chi connectivity index (χ0n) is 9.87. The third-order valence-corrected chi connectivity index (χ3v) is 3.09. The van der Waals surface area contributed by atoms with Gasteiger partial charge < -0.3 is 14.4 Å². The molecule has 0 aliphatic carbocycles. The summed E-state index contributed by atoms with van der Waals surface area (Å²) in [5.74, 6) is 1.80. The van der Waals surface area contributed by atoms with Crippen molar-refractivity contribution >= 4 is 0 Å². The lowest BCUT2D eigenvalue weighted by atomic mass is 10.3. The molecule has 2 rings (SSSR count). The fraction of sp³-hybridized carbons (Fsp3) is 0.538. The first-order valence-corrected chi connectivity index (χ1v) is 5.99. The second-order valence-electron chi connectivity index (χ2n) is 4.23. The Hall–Kier alpha value is -1.22. The number of nitrogens with one attached hydrogen (secondary N) is 1. The number of ether oxygens (including phenoxy) is 2. The molecular formula is C13H20NO2+. The minimum Gasteiger partial charge on any atom is -0.497 e. The highest BCUT2D eigenvalue weighted by Crippen LogP contribution is 2.16. The monoisotopic (exact) mass is 222 g/mol. The second-order valence-corrected chi connectivity index (χ2v) is 4.23. The molecule has 3 heteroatoms. The van der Waals surface area contributed by atoms with Crippen LogP contribution in [-0.4, -0.2) is 33.4 Å². The van der Waals surface area contributed by atoms with Crippen molar-refractivity contribution in [2.75, 3.05) is 33.4 Å². The van der Waals surface area contributed by atoms with Crippen LogP contribution in [0.1, 0.15) is 12.8 Å². The Morgan fingerprint density at radius 1 is 1.06 bits per heavy atom. The molecular weight excluding hydrogens is 202 g/mol. The van der Waals surface area contributed by atoms with Crippen LogP contribution in [0.25, 0.3) is 0 Å². The van der Waals surface area contributed by atoms with Crippen molar-refractivity contribution in [2.45, 2.75) is 12.8 Å². The fourth-order valence-corrected chi connectivity index (χ4v) is 2.11. The number of hydrogen-bond donors (Lipinski definition) is 1. The summed E-state index contributed by atoms with van der Waals surface area (Å²) in [4.78, 5) is 1.67. The summed E-state index contributed by atoms with van der Waals surface area (Å²) < 4.78 is 10.8. The quantitative estimate of drug-likeness (QED) is 0.794. The zero-order valence-corrected chi connectivity index (χ0v) is 9.87. The predicted molar refractivity (Wildman–Crippen MR) is 63.3 cm³/mol. The SMILES string of the molecule is COc1ccc(OCC[NH+]2CCCC2)cc1. The van der Waals surface area contributed by atoms with E-state index in [2.05, 4.69) is 0 Å². The van der Waals surface area contributed by atoms with Gasteiger partial charge in [-0.2, -0.15) is 0 Å². The van der Waals surface area contributed by atoms with Crippen LogP contribution in [-0.2, 0) is 0 Å². The van der Waals surface area contributed by atoms with Gasteiger partial charge in [0.1, 0.15) is 24.7 Å². The second kappa shape index (κ2) is 5.75. The Morgan fingerprint density at radius 3 is 2.31 bits per heavy atom. The Labute approximate surface area is 97.0 Å². The van der Waals surface area contributed by atoms with Crippen LogP contribution in [0.15, 0.2) is 24.3 Å². The Balaban J connectivity index is 1.71. The van der Waals surface area contributed by atoms with Gasteiger partial charge in [0.2, 0.25) is 0 Å². The number of rotatable bonds is 5. The van der Waals surface area contributed by atoms with Crippen molar-refractivity contribution in [3.8, 4) is 11.5 Å². The third kappa shape index (κ3) is 3.14. The van der Waals surface area contributed by atoms with Gasteiger partial charge in [-0.3, -0.25) is 0 Å². The van der Waals surface area contributed by atoms with Gasteiger partial charge in [-0.1, -0.05) is 0 Å². The van der Waals surface area contributed by atoms with Gasteiger partial charge in [-0.15, -0.1) is 0 Å². The molecule has 0 atom stereocenters. The number of benzene rings is 1. The Kier molecular flexibility index (Phi) is 4.05. The number of likely N-dealkylation sites (tertiary alicyclic amines) is 1. The maximum Gasteiger partial charge on any atom is 0.137 e. The van der Waals surface area contributed by atoms with Gasteiger partial charge in [0.25, 0.3) is 0 Å². The summed E-state index contributed by atoms with van der Waals surface area (Å²) in [5.41, 5.74) is 0. The van der Waals surface area contributed by atoms with Gasteiger partial charge in [0.15, 0.2) is 0 Å². The van der Waals surface area contributed by atoms with Gasteiger partial charge >= 0.3 is 0 Å². The molecule has 0 amide bonds. The molecule has 1 aliphatic heterocycles. The summed E-state index contributed by atoms with van der Waals surface area (Å²) >= 11 is 0. The van der Waals surface area contributed by atoms with Crippen LogP contribution in [0.4, 0.5) is 0 Å². The maximum absolute atomic E-state index is 5.69. The van der Waals surface area contributed by atoms with Crippen LogP contribution >= 0.6 is 0 Å². The topological polar surface area (TPSA) is 22.9 Å². The lowest BCUT2D eigenvalue weighted by Gasteiger charge is -2.12. The van der Waals surface area contributed by atoms with Crippen molar-refractivity contribution in [3.63, 3.8) is 0 Å².